The smallest absolute Gasteiger partial charge is 0.359 e. The predicted octanol–water partition coefficient (Wildman–Crippen LogP) is 1.59. The lowest BCUT2D eigenvalue weighted by molar-refractivity contribution is -0.121. The molecule has 2 heterocycles. The van der Waals surface area contributed by atoms with Crippen LogP contribution < -0.4 is 10.6 Å². The molecule has 2 N–H and O–H groups in total. The molecule has 0 saturated carbocycles. The van der Waals surface area contributed by atoms with Crippen LogP contribution in [0.15, 0.2) is 4.99 Å². The molecule has 0 unspecified atom stereocenters. The first-order valence-electron chi connectivity index (χ1n) is 9.81. The van der Waals surface area contributed by atoms with E-state index < -0.39 is 15.5 Å². The van der Waals surface area contributed by atoms with Crippen molar-refractivity contribution in [3.05, 3.63) is 0 Å². The highest BCUT2D eigenvalue weighted by atomic mass is 127. The van der Waals surface area contributed by atoms with Crippen LogP contribution in [-0.2, 0) is 14.8 Å². The summed E-state index contributed by atoms with van der Waals surface area (Å²) in [5.74, 6) is 1.21. The second-order valence-corrected chi connectivity index (χ2v) is 9.46. The van der Waals surface area contributed by atoms with Crippen molar-refractivity contribution in [2.75, 3.05) is 46.8 Å². The van der Waals surface area contributed by atoms with Crippen LogP contribution in [0.1, 0.15) is 32.1 Å². The van der Waals surface area contributed by atoms with E-state index in [1.54, 1.807) is 14.1 Å². The number of nitrogens with zero attached hydrogens (tertiary/aromatic N) is 3. The summed E-state index contributed by atoms with van der Waals surface area (Å²) in [6.45, 7) is 1.84. The van der Waals surface area contributed by atoms with E-state index in [4.69, 9.17) is 0 Å². The molecule has 0 bridgehead atoms. The van der Waals surface area contributed by atoms with Crippen molar-refractivity contribution in [2.45, 2.75) is 37.6 Å². The maximum atomic E-state index is 12.7. The molecule has 13 heteroatoms. The SMILES string of the molecule is CN=C(NCC1CCN(S(=O)(=O)C(F)(F)F)CC1)N1CCC(CC(=O)NC)CC1.I. The third-order valence-electron chi connectivity index (χ3n) is 5.63. The molecule has 176 valence electrons. The van der Waals surface area contributed by atoms with Gasteiger partial charge in [-0.3, -0.25) is 9.79 Å². The summed E-state index contributed by atoms with van der Waals surface area (Å²) >= 11 is 0. The first-order valence-corrected chi connectivity index (χ1v) is 11.2. The van der Waals surface area contributed by atoms with Crippen molar-refractivity contribution in [3.8, 4) is 0 Å². The normalized spacial score (nSPS) is 20.6. The van der Waals surface area contributed by atoms with Crippen LogP contribution in [0.4, 0.5) is 13.2 Å². The summed E-state index contributed by atoms with van der Waals surface area (Å²) in [6, 6.07) is 0. The van der Waals surface area contributed by atoms with E-state index in [1.807, 2.05) is 0 Å². The van der Waals surface area contributed by atoms with Gasteiger partial charge < -0.3 is 15.5 Å². The van der Waals surface area contributed by atoms with Crippen LogP contribution in [0, 0.1) is 11.8 Å². The van der Waals surface area contributed by atoms with Crippen LogP contribution in [0.5, 0.6) is 0 Å². The van der Waals surface area contributed by atoms with Gasteiger partial charge in [-0.25, -0.2) is 8.42 Å². The van der Waals surface area contributed by atoms with E-state index in [9.17, 15) is 26.4 Å². The lowest BCUT2D eigenvalue weighted by Crippen LogP contribution is -2.49. The van der Waals surface area contributed by atoms with Crippen LogP contribution in [-0.4, -0.2) is 81.8 Å². The molecule has 0 aromatic rings. The Morgan fingerprint density at radius 2 is 1.60 bits per heavy atom. The van der Waals surface area contributed by atoms with Gasteiger partial charge in [0.1, 0.15) is 0 Å². The molecule has 2 fully saturated rings. The summed E-state index contributed by atoms with van der Waals surface area (Å²) in [7, 11) is -1.93. The maximum Gasteiger partial charge on any atom is 0.511 e. The zero-order chi connectivity index (χ0) is 21.7. The van der Waals surface area contributed by atoms with Gasteiger partial charge in [-0.05, 0) is 37.5 Å². The number of amides is 1. The Kier molecular flexibility index (Phi) is 10.6. The number of likely N-dealkylation sites (tertiary alicyclic amines) is 1. The Bertz CT molecular complexity index is 689. The van der Waals surface area contributed by atoms with Crippen LogP contribution >= 0.6 is 24.0 Å². The fraction of sp³-hybridized carbons (Fsp3) is 0.882. The topological polar surface area (TPSA) is 94.1 Å². The number of guanidine groups is 1. The minimum atomic E-state index is -5.25. The first-order chi connectivity index (χ1) is 13.6. The quantitative estimate of drug-likeness (QED) is 0.298. The molecular formula is C17H31F3IN5O3S. The van der Waals surface area contributed by atoms with E-state index in [-0.39, 0.29) is 48.9 Å². The zero-order valence-corrected chi connectivity index (χ0v) is 20.4. The molecule has 0 radical (unpaired) electrons. The number of nitrogens with one attached hydrogen (secondary N) is 2. The Morgan fingerprint density at radius 3 is 2.07 bits per heavy atom. The standard InChI is InChI=1S/C17H30F3N5O3S.HI/c1-21-15(26)11-13-3-7-24(8-4-13)16(22-2)23-12-14-5-9-25(10-6-14)29(27,28)17(18,19)20;/h13-14H,3-12H2,1-2H3,(H,21,26)(H,22,23);1H. The number of carbonyl (C=O) groups excluding carboxylic acids is 1. The summed E-state index contributed by atoms with van der Waals surface area (Å²) in [6.07, 6.45) is 3.04. The Balaban J connectivity index is 0.00000450. The summed E-state index contributed by atoms with van der Waals surface area (Å²) in [5.41, 5.74) is -5.25. The monoisotopic (exact) mass is 569 g/mol. The van der Waals surface area contributed by atoms with E-state index in [2.05, 4.69) is 20.5 Å². The average Bonchev–Trinajstić information content (AvgIpc) is 2.69. The molecule has 2 saturated heterocycles. The number of rotatable bonds is 5. The summed E-state index contributed by atoms with van der Waals surface area (Å²) in [5, 5.41) is 5.91. The fourth-order valence-corrected chi connectivity index (χ4v) is 4.77. The van der Waals surface area contributed by atoms with Crippen molar-refractivity contribution >= 4 is 45.9 Å². The molecule has 2 rings (SSSR count). The van der Waals surface area contributed by atoms with Gasteiger partial charge in [0.15, 0.2) is 5.96 Å². The highest BCUT2D eigenvalue weighted by Crippen LogP contribution is 2.30. The van der Waals surface area contributed by atoms with Gasteiger partial charge in [0.05, 0.1) is 0 Å². The molecular weight excluding hydrogens is 538 g/mol. The number of hydrogen-bond donors (Lipinski definition) is 2. The van der Waals surface area contributed by atoms with Crippen molar-refractivity contribution < 1.29 is 26.4 Å². The minimum Gasteiger partial charge on any atom is -0.359 e. The number of carbonyl (C=O) groups is 1. The molecule has 0 aromatic carbocycles. The average molecular weight is 569 g/mol. The van der Waals surface area contributed by atoms with Crippen molar-refractivity contribution in [1.82, 2.24) is 19.8 Å². The third kappa shape index (κ3) is 7.11. The van der Waals surface area contributed by atoms with E-state index in [0.29, 0.717) is 36.0 Å². The lowest BCUT2D eigenvalue weighted by atomic mass is 9.93. The number of sulfonamides is 1. The van der Waals surface area contributed by atoms with Gasteiger partial charge in [-0.1, -0.05) is 0 Å². The van der Waals surface area contributed by atoms with Crippen LogP contribution in [0.3, 0.4) is 0 Å². The molecule has 2 aliphatic heterocycles. The Labute approximate surface area is 193 Å². The molecule has 1 amide bonds. The number of halogens is 4. The van der Waals surface area contributed by atoms with Crippen LogP contribution in [0.25, 0.3) is 0 Å². The van der Waals surface area contributed by atoms with Gasteiger partial charge in [-0.15, -0.1) is 24.0 Å². The van der Waals surface area contributed by atoms with Gasteiger partial charge in [0.25, 0.3) is 0 Å². The highest BCUT2D eigenvalue weighted by molar-refractivity contribution is 14.0. The molecule has 0 aromatic heterocycles. The van der Waals surface area contributed by atoms with Gasteiger partial charge in [-0.2, -0.15) is 17.5 Å². The molecule has 0 atom stereocenters. The largest absolute Gasteiger partial charge is 0.511 e. The lowest BCUT2D eigenvalue weighted by Gasteiger charge is -2.35. The highest BCUT2D eigenvalue weighted by Gasteiger charge is 2.50. The van der Waals surface area contributed by atoms with Gasteiger partial charge >= 0.3 is 15.5 Å². The second kappa shape index (κ2) is 11.7. The second-order valence-electron chi connectivity index (χ2n) is 7.53. The van der Waals surface area contributed by atoms with Crippen LogP contribution in [0.2, 0.25) is 0 Å². The van der Waals surface area contributed by atoms with E-state index >= 15 is 0 Å². The molecule has 0 spiro atoms. The van der Waals surface area contributed by atoms with Gasteiger partial charge in [0, 0.05) is 53.2 Å². The molecule has 0 aliphatic carbocycles. The predicted molar refractivity (Wildman–Crippen MR) is 119 cm³/mol. The zero-order valence-electron chi connectivity index (χ0n) is 17.2. The van der Waals surface area contributed by atoms with Gasteiger partial charge in [0.2, 0.25) is 5.91 Å². The summed E-state index contributed by atoms with van der Waals surface area (Å²) in [4.78, 5) is 17.9. The Morgan fingerprint density at radius 1 is 1.07 bits per heavy atom. The molecule has 30 heavy (non-hydrogen) atoms. The van der Waals surface area contributed by atoms with E-state index in [1.165, 1.54) is 0 Å². The Hall–Kier alpha value is -0.830. The summed E-state index contributed by atoms with van der Waals surface area (Å²) < 4.78 is 61.4. The van der Waals surface area contributed by atoms with Crippen molar-refractivity contribution in [2.24, 2.45) is 16.8 Å². The fourth-order valence-electron chi connectivity index (χ4n) is 3.78. The number of hydrogen-bond acceptors (Lipinski definition) is 4. The number of alkyl halides is 3. The van der Waals surface area contributed by atoms with E-state index in [0.717, 1.165) is 31.9 Å². The number of aliphatic imine (C=N–C) groups is 1. The maximum absolute atomic E-state index is 12.7. The molecule has 8 nitrogen and oxygen atoms in total. The first kappa shape index (κ1) is 27.2. The minimum absolute atomic E-state index is 0. The van der Waals surface area contributed by atoms with Crippen molar-refractivity contribution in [1.29, 1.82) is 0 Å². The van der Waals surface area contributed by atoms with Crippen molar-refractivity contribution in [3.63, 3.8) is 0 Å². The number of piperidine rings is 2. The molecule has 2 aliphatic rings. The third-order valence-corrected chi connectivity index (χ3v) is 7.26.